The Hall–Kier alpha value is -0.370. The summed E-state index contributed by atoms with van der Waals surface area (Å²) in [7, 11) is 2.18. The molecule has 0 spiro atoms. The summed E-state index contributed by atoms with van der Waals surface area (Å²) >= 11 is 0. The van der Waals surface area contributed by atoms with Gasteiger partial charge in [-0.15, -0.1) is 0 Å². The first kappa shape index (κ1) is 14.6. The molecule has 0 aliphatic carbocycles. The molecule has 2 heteroatoms. The van der Waals surface area contributed by atoms with Crippen LogP contribution in [0.1, 0.15) is 59.3 Å². The van der Waals surface area contributed by atoms with Crippen LogP contribution in [0.2, 0.25) is 0 Å². The predicted molar refractivity (Wildman–Crippen MR) is 66.1 cm³/mol. The Balaban J connectivity index is 3.15. The van der Waals surface area contributed by atoms with E-state index >= 15 is 0 Å². The highest BCUT2D eigenvalue weighted by Crippen LogP contribution is 2.07. The topological polar surface area (TPSA) is 20.3 Å². The van der Waals surface area contributed by atoms with Gasteiger partial charge in [0.15, 0.2) is 0 Å². The summed E-state index contributed by atoms with van der Waals surface area (Å²) in [4.78, 5) is 13.1. The lowest BCUT2D eigenvalue weighted by Gasteiger charge is -2.20. The van der Waals surface area contributed by atoms with Crippen LogP contribution >= 0.6 is 0 Å². The van der Waals surface area contributed by atoms with E-state index < -0.39 is 0 Å². The van der Waals surface area contributed by atoms with Gasteiger partial charge in [-0.2, -0.15) is 0 Å². The fourth-order valence-electron chi connectivity index (χ4n) is 1.52. The molecule has 2 nitrogen and oxygen atoms in total. The quantitative estimate of drug-likeness (QED) is 0.548. The summed E-state index contributed by atoms with van der Waals surface area (Å²) < 4.78 is 0. The second-order valence-electron chi connectivity index (χ2n) is 4.79. The van der Waals surface area contributed by atoms with Crippen molar-refractivity contribution in [2.24, 2.45) is 0 Å². The van der Waals surface area contributed by atoms with Gasteiger partial charge in [0.05, 0.1) is 0 Å². The molecule has 0 saturated heterocycles. The van der Waals surface area contributed by atoms with Crippen molar-refractivity contribution in [1.29, 1.82) is 0 Å². The summed E-state index contributed by atoms with van der Waals surface area (Å²) in [6.07, 6.45) is 6.93. The molecule has 15 heavy (non-hydrogen) atoms. The van der Waals surface area contributed by atoms with E-state index in [9.17, 15) is 4.79 Å². The molecular formula is C13H27NO. The first-order chi connectivity index (χ1) is 7.04. The third-order valence-electron chi connectivity index (χ3n) is 2.92. The zero-order valence-corrected chi connectivity index (χ0v) is 10.9. The van der Waals surface area contributed by atoms with Crippen LogP contribution in [0.5, 0.6) is 0 Å². The van der Waals surface area contributed by atoms with Crippen molar-refractivity contribution >= 4 is 5.78 Å². The Bertz CT molecular complexity index is 166. The number of ketones is 1. The summed E-state index contributed by atoms with van der Waals surface area (Å²) in [6.45, 7) is 7.34. The van der Waals surface area contributed by atoms with Gasteiger partial charge >= 0.3 is 0 Å². The number of carbonyl (C=O) groups excluding carboxylic acids is 1. The molecule has 0 bridgehead atoms. The first-order valence-corrected chi connectivity index (χ1v) is 6.23. The van der Waals surface area contributed by atoms with E-state index in [1.165, 1.54) is 32.2 Å². The van der Waals surface area contributed by atoms with E-state index in [0.717, 1.165) is 12.8 Å². The maximum atomic E-state index is 10.7. The maximum Gasteiger partial charge on any atom is 0.129 e. The molecule has 0 atom stereocenters. The first-order valence-electron chi connectivity index (χ1n) is 6.23. The third-order valence-corrected chi connectivity index (χ3v) is 2.92. The van der Waals surface area contributed by atoms with Crippen LogP contribution in [0.25, 0.3) is 0 Å². The average molecular weight is 213 g/mol. The van der Waals surface area contributed by atoms with E-state index in [4.69, 9.17) is 0 Å². The van der Waals surface area contributed by atoms with Crippen molar-refractivity contribution < 1.29 is 4.79 Å². The van der Waals surface area contributed by atoms with Gasteiger partial charge in [0.25, 0.3) is 0 Å². The van der Waals surface area contributed by atoms with Crippen LogP contribution in [0.15, 0.2) is 0 Å². The summed E-state index contributed by atoms with van der Waals surface area (Å²) in [6, 6.07) is 0.655. The molecule has 0 radical (unpaired) electrons. The predicted octanol–water partition coefficient (Wildman–Crippen LogP) is 3.26. The van der Waals surface area contributed by atoms with E-state index in [-0.39, 0.29) is 0 Å². The highest BCUT2D eigenvalue weighted by molar-refractivity contribution is 5.75. The number of Topliss-reactive ketones (excluding diaryl/α,β-unsaturated/α-hetero) is 1. The van der Waals surface area contributed by atoms with Gasteiger partial charge in [0, 0.05) is 12.5 Å². The highest BCUT2D eigenvalue weighted by atomic mass is 16.1. The Labute approximate surface area is 95.0 Å². The molecule has 0 amide bonds. The summed E-state index contributed by atoms with van der Waals surface area (Å²) in [5.41, 5.74) is 0. The second kappa shape index (κ2) is 8.90. The van der Waals surface area contributed by atoms with Crippen LogP contribution in [-0.4, -0.2) is 30.3 Å². The molecule has 0 aliphatic heterocycles. The van der Waals surface area contributed by atoms with Crippen molar-refractivity contribution in [3.05, 3.63) is 0 Å². The number of unbranched alkanes of at least 4 members (excludes halogenated alkanes) is 4. The molecule has 0 aromatic carbocycles. The lowest BCUT2D eigenvalue weighted by Crippen LogP contribution is -2.27. The monoisotopic (exact) mass is 213 g/mol. The van der Waals surface area contributed by atoms with Gasteiger partial charge in [0.1, 0.15) is 5.78 Å². The number of rotatable bonds is 9. The minimum atomic E-state index is 0.328. The van der Waals surface area contributed by atoms with Gasteiger partial charge in [-0.05, 0) is 47.2 Å². The van der Waals surface area contributed by atoms with Gasteiger partial charge in [-0.3, -0.25) is 0 Å². The van der Waals surface area contributed by atoms with E-state index in [2.05, 4.69) is 25.8 Å². The molecule has 0 aliphatic rings. The van der Waals surface area contributed by atoms with Crippen molar-refractivity contribution in [3.8, 4) is 0 Å². The second-order valence-corrected chi connectivity index (χ2v) is 4.79. The zero-order valence-electron chi connectivity index (χ0n) is 10.9. The lowest BCUT2D eigenvalue weighted by atomic mass is 10.1. The fraction of sp³-hybridized carbons (Fsp3) is 0.923. The van der Waals surface area contributed by atoms with Crippen molar-refractivity contribution in [1.82, 2.24) is 4.90 Å². The molecule has 0 heterocycles. The smallest absolute Gasteiger partial charge is 0.129 e. The number of nitrogens with zero attached hydrogens (tertiary/aromatic N) is 1. The van der Waals surface area contributed by atoms with Gasteiger partial charge in [0.2, 0.25) is 0 Å². The van der Waals surface area contributed by atoms with Crippen LogP contribution in [-0.2, 0) is 4.79 Å². The average Bonchev–Trinajstić information content (AvgIpc) is 2.15. The zero-order chi connectivity index (χ0) is 11.7. The molecule has 0 N–H and O–H groups in total. The minimum Gasteiger partial charge on any atom is -0.304 e. The Morgan fingerprint density at radius 3 is 2.13 bits per heavy atom. The van der Waals surface area contributed by atoms with E-state index in [1.54, 1.807) is 6.92 Å². The van der Waals surface area contributed by atoms with Gasteiger partial charge < -0.3 is 9.69 Å². The number of carbonyl (C=O) groups is 1. The molecule has 0 aromatic rings. The Kier molecular flexibility index (Phi) is 8.68. The van der Waals surface area contributed by atoms with Gasteiger partial charge in [-0.1, -0.05) is 19.3 Å². The standard InChI is InChI=1S/C13H27NO/c1-12(2)14(4)11-9-7-5-6-8-10-13(3)15/h12H,5-11H2,1-4H3. The lowest BCUT2D eigenvalue weighted by molar-refractivity contribution is -0.117. The normalized spacial score (nSPS) is 11.3. The van der Waals surface area contributed by atoms with Crippen LogP contribution in [0.4, 0.5) is 0 Å². The van der Waals surface area contributed by atoms with Crippen molar-refractivity contribution in [2.75, 3.05) is 13.6 Å². The Morgan fingerprint density at radius 1 is 1.07 bits per heavy atom. The highest BCUT2D eigenvalue weighted by Gasteiger charge is 2.01. The van der Waals surface area contributed by atoms with Crippen molar-refractivity contribution in [2.45, 2.75) is 65.3 Å². The SMILES string of the molecule is CC(=O)CCCCCCCN(C)C(C)C. The molecule has 90 valence electrons. The van der Waals surface area contributed by atoms with Crippen LogP contribution in [0, 0.1) is 0 Å². The number of hydrogen-bond acceptors (Lipinski definition) is 2. The summed E-state index contributed by atoms with van der Waals surface area (Å²) in [5.74, 6) is 0.328. The van der Waals surface area contributed by atoms with E-state index in [0.29, 0.717) is 11.8 Å². The molecule has 0 fully saturated rings. The Morgan fingerprint density at radius 2 is 1.60 bits per heavy atom. The molecule has 0 unspecified atom stereocenters. The molecule has 0 saturated carbocycles. The van der Waals surface area contributed by atoms with Crippen LogP contribution < -0.4 is 0 Å². The molecule has 0 aromatic heterocycles. The third kappa shape index (κ3) is 9.92. The van der Waals surface area contributed by atoms with Crippen LogP contribution in [0.3, 0.4) is 0 Å². The minimum absolute atomic E-state index is 0.328. The molecular weight excluding hydrogens is 186 g/mol. The molecule has 0 rings (SSSR count). The largest absolute Gasteiger partial charge is 0.304 e. The number of hydrogen-bond donors (Lipinski definition) is 0. The van der Waals surface area contributed by atoms with Crippen molar-refractivity contribution in [3.63, 3.8) is 0 Å². The fourth-order valence-corrected chi connectivity index (χ4v) is 1.52. The van der Waals surface area contributed by atoms with E-state index in [1.807, 2.05) is 0 Å². The van der Waals surface area contributed by atoms with Gasteiger partial charge in [-0.25, -0.2) is 0 Å². The maximum absolute atomic E-state index is 10.7. The summed E-state index contributed by atoms with van der Waals surface area (Å²) in [5, 5.41) is 0.